The molecule has 23 heavy (non-hydrogen) atoms. The lowest BCUT2D eigenvalue weighted by Gasteiger charge is -2.11. The maximum absolute atomic E-state index is 5.81. The molecule has 0 saturated carbocycles. The van der Waals surface area contributed by atoms with Crippen LogP contribution in [0.3, 0.4) is 0 Å². The van der Waals surface area contributed by atoms with Crippen molar-refractivity contribution in [3.63, 3.8) is 0 Å². The first-order chi connectivity index (χ1) is 11.0. The van der Waals surface area contributed by atoms with Crippen LogP contribution in [0.1, 0.15) is 24.2 Å². The molecule has 0 amide bonds. The molecule has 2 aromatic rings. The molecule has 0 radical (unpaired) electrons. The number of rotatable bonds is 8. The average Bonchev–Trinajstić information content (AvgIpc) is 3.05. The Morgan fingerprint density at radius 1 is 1.22 bits per heavy atom. The van der Waals surface area contributed by atoms with Crippen LogP contribution in [0.4, 0.5) is 0 Å². The standard InChI is InChI=1S/C15H23ClN6S/c1-12-9-13(2)22(20-12)8-4-6-18-15(23)17-5-3-7-21-11-14(16)10-19-21/h9-11H,3-8H2,1-2H3,(H2,17,18,23). The summed E-state index contributed by atoms with van der Waals surface area (Å²) in [6, 6.07) is 2.09. The van der Waals surface area contributed by atoms with E-state index in [2.05, 4.69) is 33.8 Å². The van der Waals surface area contributed by atoms with Gasteiger partial charge in [-0.2, -0.15) is 10.2 Å². The topological polar surface area (TPSA) is 59.7 Å². The first-order valence-corrected chi connectivity index (χ1v) is 8.54. The van der Waals surface area contributed by atoms with Crippen LogP contribution in [0.5, 0.6) is 0 Å². The van der Waals surface area contributed by atoms with E-state index in [1.807, 2.05) is 22.5 Å². The van der Waals surface area contributed by atoms with E-state index in [4.69, 9.17) is 23.8 Å². The number of thiocarbonyl (C=S) groups is 1. The van der Waals surface area contributed by atoms with E-state index in [0.29, 0.717) is 10.1 Å². The molecule has 2 rings (SSSR count). The Morgan fingerprint density at radius 3 is 2.48 bits per heavy atom. The summed E-state index contributed by atoms with van der Waals surface area (Å²) < 4.78 is 3.86. The van der Waals surface area contributed by atoms with Crippen LogP contribution in [-0.4, -0.2) is 37.8 Å². The highest BCUT2D eigenvalue weighted by Gasteiger charge is 2.01. The van der Waals surface area contributed by atoms with E-state index in [1.165, 1.54) is 5.69 Å². The second kappa shape index (κ2) is 8.88. The van der Waals surface area contributed by atoms with Gasteiger partial charge >= 0.3 is 0 Å². The van der Waals surface area contributed by atoms with E-state index in [0.717, 1.165) is 44.7 Å². The van der Waals surface area contributed by atoms with E-state index >= 15 is 0 Å². The molecule has 126 valence electrons. The summed E-state index contributed by atoms with van der Waals surface area (Å²) in [7, 11) is 0. The Morgan fingerprint density at radius 2 is 1.91 bits per heavy atom. The largest absolute Gasteiger partial charge is 0.363 e. The van der Waals surface area contributed by atoms with E-state index < -0.39 is 0 Å². The van der Waals surface area contributed by atoms with Gasteiger partial charge in [-0.15, -0.1) is 0 Å². The Labute approximate surface area is 147 Å². The molecule has 0 bridgehead atoms. The summed E-state index contributed by atoms with van der Waals surface area (Å²) in [5.41, 5.74) is 2.26. The fraction of sp³-hybridized carbons (Fsp3) is 0.533. The van der Waals surface area contributed by atoms with Gasteiger partial charge in [-0.1, -0.05) is 11.6 Å². The number of hydrogen-bond acceptors (Lipinski definition) is 3. The molecular formula is C15H23ClN6S. The lowest BCUT2D eigenvalue weighted by molar-refractivity contribution is 0.552. The first kappa shape index (κ1) is 17.7. The van der Waals surface area contributed by atoms with Gasteiger partial charge in [-0.05, 0) is 45.0 Å². The lowest BCUT2D eigenvalue weighted by atomic mass is 10.4. The molecule has 0 fully saturated rings. The van der Waals surface area contributed by atoms with Crippen molar-refractivity contribution in [3.05, 3.63) is 34.9 Å². The molecule has 0 aromatic carbocycles. The zero-order chi connectivity index (χ0) is 16.7. The molecule has 0 aliphatic carbocycles. The van der Waals surface area contributed by atoms with Gasteiger partial charge in [0.2, 0.25) is 0 Å². The van der Waals surface area contributed by atoms with E-state index in [1.54, 1.807) is 6.20 Å². The van der Waals surface area contributed by atoms with Gasteiger partial charge in [0, 0.05) is 38.1 Å². The van der Waals surface area contributed by atoms with Crippen molar-refractivity contribution in [2.75, 3.05) is 13.1 Å². The predicted octanol–water partition coefficient (Wildman–Crippen LogP) is 2.29. The Balaban J connectivity index is 1.52. The fourth-order valence-electron chi connectivity index (χ4n) is 2.30. The molecule has 0 aliphatic heterocycles. The minimum absolute atomic E-state index is 0.665. The highest BCUT2D eigenvalue weighted by Crippen LogP contribution is 2.04. The molecule has 0 saturated heterocycles. The number of nitrogens with one attached hydrogen (secondary N) is 2. The predicted molar refractivity (Wildman–Crippen MR) is 96.8 cm³/mol. The Kier molecular flexibility index (Phi) is 6.85. The highest BCUT2D eigenvalue weighted by atomic mass is 35.5. The molecule has 0 atom stereocenters. The minimum atomic E-state index is 0.665. The number of nitrogens with zero attached hydrogens (tertiary/aromatic N) is 4. The Bertz CT molecular complexity index is 636. The summed E-state index contributed by atoms with van der Waals surface area (Å²) in [6.45, 7) is 7.44. The van der Waals surface area contributed by atoms with Gasteiger partial charge in [0.15, 0.2) is 5.11 Å². The van der Waals surface area contributed by atoms with Crippen molar-refractivity contribution in [2.45, 2.75) is 39.8 Å². The van der Waals surface area contributed by atoms with Crippen LogP contribution in [0, 0.1) is 13.8 Å². The third-order valence-electron chi connectivity index (χ3n) is 3.39. The number of aryl methyl sites for hydroxylation is 4. The summed E-state index contributed by atoms with van der Waals surface area (Å²) in [5, 5.41) is 16.3. The highest BCUT2D eigenvalue weighted by molar-refractivity contribution is 7.80. The molecule has 2 aromatic heterocycles. The van der Waals surface area contributed by atoms with Crippen LogP contribution in [0.15, 0.2) is 18.5 Å². The monoisotopic (exact) mass is 354 g/mol. The lowest BCUT2D eigenvalue weighted by Crippen LogP contribution is -2.36. The Hall–Kier alpha value is -1.60. The SMILES string of the molecule is Cc1cc(C)n(CCCNC(=S)NCCCn2cc(Cl)cn2)n1. The van der Waals surface area contributed by atoms with Crippen molar-refractivity contribution in [1.82, 2.24) is 30.2 Å². The second-order valence-electron chi connectivity index (χ2n) is 5.46. The van der Waals surface area contributed by atoms with Crippen LogP contribution in [0.2, 0.25) is 5.02 Å². The average molecular weight is 355 g/mol. The fourth-order valence-corrected chi connectivity index (χ4v) is 2.66. The van der Waals surface area contributed by atoms with Crippen molar-refractivity contribution >= 4 is 28.9 Å². The van der Waals surface area contributed by atoms with Crippen molar-refractivity contribution in [2.24, 2.45) is 0 Å². The summed E-state index contributed by atoms with van der Waals surface area (Å²) >= 11 is 11.1. The zero-order valence-electron chi connectivity index (χ0n) is 13.5. The zero-order valence-corrected chi connectivity index (χ0v) is 15.1. The molecule has 0 spiro atoms. The van der Waals surface area contributed by atoms with Gasteiger partial charge in [0.25, 0.3) is 0 Å². The van der Waals surface area contributed by atoms with Gasteiger partial charge in [0.05, 0.1) is 16.9 Å². The molecule has 2 heterocycles. The third kappa shape index (κ3) is 6.19. The number of halogens is 1. The molecule has 0 aliphatic rings. The normalized spacial score (nSPS) is 10.7. The van der Waals surface area contributed by atoms with Gasteiger partial charge in [-0.25, -0.2) is 0 Å². The third-order valence-corrected chi connectivity index (χ3v) is 3.87. The van der Waals surface area contributed by atoms with Crippen molar-refractivity contribution < 1.29 is 0 Å². The second-order valence-corrected chi connectivity index (χ2v) is 6.31. The van der Waals surface area contributed by atoms with E-state index in [-0.39, 0.29) is 0 Å². The number of hydrogen-bond donors (Lipinski definition) is 2. The minimum Gasteiger partial charge on any atom is -0.363 e. The molecule has 2 N–H and O–H groups in total. The summed E-state index contributed by atoms with van der Waals surface area (Å²) in [6.07, 6.45) is 5.38. The van der Waals surface area contributed by atoms with Crippen LogP contribution in [-0.2, 0) is 13.1 Å². The number of aromatic nitrogens is 4. The molecule has 8 heteroatoms. The van der Waals surface area contributed by atoms with Crippen LogP contribution >= 0.6 is 23.8 Å². The molecular weight excluding hydrogens is 332 g/mol. The summed E-state index contributed by atoms with van der Waals surface area (Å²) in [5.74, 6) is 0. The molecule has 0 unspecified atom stereocenters. The quantitative estimate of drug-likeness (QED) is 0.562. The van der Waals surface area contributed by atoms with Crippen LogP contribution < -0.4 is 10.6 Å². The molecule has 6 nitrogen and oxygen atoms in total. The smallest absolute Gasteiger partial charge is 0.166 e. The van der Waals surface area contributed by atoms with Gasteiger partial charge in [-0.3, -0.25) is 9.36 Å². The van der Waals surface area contributed by atoms with E-state index in [9.17, 15) is 0 Å². The van der Waals surface area contributed by atoms with Gasteiger partial charge in [0.1, 0.15) is 0 Å². The van der Waals surface area contributed by atoms with Crippen LogP contribution in [0.25, 0.3) is 0 Å². The maximum Gasteiger partial charge on any atom is 0.166 e. The van der Waals surface area contributed by atoms with Crippen molar-refractivity contribution in [3.8, 4) is 0 Å². The first-order valence-electron chi connectivity index (χ1n) is 7.75. The maximum atomic E-state index is 5.81. The van der Waals surface area contributed by atoms with Crippen molar-refractivity contribution in [1.29, 1.82) is 0 Å². The van der Waals surface area contributed by atoms with Gasteiger partial charge < -0.3 is 10.6 Å². The summed E-state index contributed by atoms with van der Waals surface area (Å²) in [4.78, 5) is 0.